The van der Waals surface area contributed by atoms with E-state index in [0.29, 0.717) is 0 Å². The van der Waals surface area contributed by atoms with Crippen molar-refractivity contribution in [3.63, 3.8) is 0 Å². The van der Waals surface area contributed by atoms with Gasteiger partial charge in [-0.2, -0.15) is 0 Å². The Morgan fingerprint density at radius 1 is 1.19 bits per heavy atom. The van der Waals surface area contributed by atoms with Gasteiger partial charge in [0.05, 0.1) is 0 Å². The predicted octanol–water partition coefficient (Wildman–Crippen LogP) is 4.48. The number of aryl methyl sites for hydroxylation is 1. The van der Waals surface area contributed by atoms with Gasteiger partial charge in [0.1, 0.15) is 0 Å². The number of allylic oxidation sites excluding steroid dienone is 5. The zero-order valence-electron chi connectivity index (χ0n) is 10.2. The average Bonchev–Trinajstić information content (AvgIpc) is 2.31. The largest absolute Gasteiger partial charge is 0.0991 e. The quantitative estimate of drug-likeness (QED) is 0.631. The van der Waals surface area contributed by atoms with E-state index in [1.807, 2.05) is 13.0 Å². The minimum Gasteiger partial charge on any atom is -0.0991 e. The highest BCUT2D eigenvalue weighted by atomic mass is 14.0. The van der Waals surface area contributed by atoms with Crippen LogP contribution in [0.3, 0.4) is 0 Å². The van der Waals surface area contributed by atoms with Crippen molar-refractivity contribution < 1.29 is 0 Å². The third-order valence-electron chi connectivity index (χ3n) is 2.55. The van der Waals surface area contributed by atoms with Crippen molar-refractivity contribution in [3.05, 3.63) is 71.8 Å². The second kappa shape index (κ2) is 6.84. The van der Waals surface area contributed by atoms with E-state index in [4.69, 9.17) is 0 Å². The molecule has 0 spiro atoms. The monoisotopic (exact) mass is 212 g/mol. The lowest BCUT2D eigenvalue weighted by Gasteiger charge is -2.03. The topological polar surface area (TPSA) is 0 Å². The molecule has 0 saturated carbocycles. The highest BCUT2D eigenvalue weighted by molar-refractivity contribution is 5.32. The fourth-order valence-corrected chi connectivity index (χ4v) is 1.67. The predicted molar refractivity (Wildman–Crippen MR) is 72.6 cm³/mol. The zero-order valence-corrected chi connectivity index (χ0v) is 10.2. The zero-order chi connectivity index (χ0) is 11.8. The smallest absolute Gasteiger partial charge is 0.00259 e. The van der Waals surface area contributed by atoms with Crippen LogP contribution in [0.4, 0.5) is 0 Å². The number of hydrogen-bond acceptors (Lipinski definition) is 0. The molecule has 84 valence electrons. The summed E-state index contributed by atoms with van der Waals surface area (Å²) in [5.74, 6) is 0. The van der Waals surface area contributed by atoms with Crippen LogP contribution in [0.2, 0.25) is 0 Å². The molecule has 0 heteroatoms. The van der Waals surface area contributed by atoms with Gasteiger partial charge in [-0.3, -0.25) is 0 Å². The molecular formula is C16H20. The van der Waals surface area contributed by atoms with Crippen LogP contribution in [0.15, 0.2) is 60.7 Å². The first-order chi connectivity index (χ1) is 7.80. The SMILES string of the molecule is C=C/C=C(\C=C/C)Cc1ccc(CC)cc1. The first kappa shape index (κ1) is 12.5. The maximum absolute atomic E-state index is 3.74. The van der Waals surface area contributed by atoms with Gasteiger partial charge >= 0.3 is 0 Å². The second-order valence-electron chi connectivity index (χ2n) is 3.82. The van der Waals surface area contributed by atoms with Gasteiger partial charge in [0, 0.05) is 0 Å². The van der Waals surface area contributed by atoms with Gasteiger partial charge in [0.15, 0.2) is 0 Å². The van der Waals surface area contributed by atoms with E-state index < -0.39 is 0 Å². The average molecular weight is 212 g/mol. The van der Waals surface area contributed by atoms with Gasteiger partial charge in [0.2, 0.25) is 0 Å². The maximum atomic E-state index is 3.74. The van der Waals surface area contributed by atoms with Crippen LogP contribution in [0.1, 0.15) is 25.0 Å². The van der Waals surface area contributed by atoms with Crippen molar-refractivity contribution in [3.8, 4) is 0 Å². The molecule has 0 aromatic heterocycles. The Labute approximate surface area is 99.0 Å². The number of rotatable bonds is 5. The molecule has 1 aromatic carbocycles. The van der Waals surface area contributed by atoms with E-state index in [-0.39, 0.29) is 0 Å². The molecule has 1 aromatic rings. The molecule has 16 heavy (non-hydrogen) atoms. The van der Waals surface area contributed by atoms with Crippen molar-refractivity contribution in [2.75, 3.05) is 0 Å². The summed E-state index contributed by atoms with van der Waals surface area (Å²) >= 11 is 0. The summed E-state index contributed by atoms with van der Waals surface area (Å²) in [4.78, 5) is 0. The molecule has 0 heterocycles. The molecule has 0 fully saturated rings. The van der Waals surface area contributed by atoms with Crippen LogP contribution >= 0.6 is 0 Å². The summed E-state index contributed by atoms with van der Waals surface area (Å²) < 4.78 is 0. The molecule has 0 saturated heterocycles. The van der Waals surface area contributed by atoms with Gasteiger partial charge in [0.25, 0.3) is 0 Å². The van der Waals surface area contributed by atoms with Crippen LogP contribution in [0.5, 0.6) is 0 Å². The Morgan fingerprint density at radius 3 is 2.31 bits per heavy atom. The summed E-state index contributed by atoms with van der Waals surface area (Å²) in [5.41, 5.74) is 4.04. The lowest BCUT2D eigenvalue weighted by Crippen LogP contribution is -1.89. The van der Waals surface area contributed by atoms with Crippen LogP contribution in [0, 0.1) is 0 Å². The molecule has 0 aliphatic rings. The van der Waals surface area contributed by atoms with Crippen molar-refractivity contribution in [1.82, 2.24) is 0 Å². The van der Waals surface area contributed by atoms with E-state index in [1.54, 1.807) is 0 Å². The molecule has 0 amide bonds. The van der Waals surface area contributed by atoms with Crippen LogP contribution in [0.25, 0.3) is 0 Å². The molecule has 0 unspecified atom stereocenters. The first-order valence-corrected chi connectivity index (χ1v) is 5.82. The van der Waals surface area contributed by atoms with E-state index in [2.05, 4.69) is 56.0 Å². The van der Waals surface area contributed by atoms with E-state index in [0.717, 1.165) is 12.8 Å². The summed E-state index contributed by atoms with van der Waals surface area (Å²) in [5, 5.41) is 0. The highest BCUT2D eigenvalue weighted by Gasteiger charge is 1.96. The standard InChI is InChI=1S/C16H20/c1-4-7-15(8-5-2)13-16-11-9-14(6-3)10-12-16/h4-5,7-12H,1,6,13H2,2-3H3/b8-5-,15-7+. The molecule has 0 aliphatic heterocycles. The molecule has 0 bridgehead atoms. The Hall–Kier alpha value is -1.56. The maximum Gasteiger partial charge on any atom is -0.00259 e. The Morgan fingerprint density at radius 2 is 1.81 bits per heavy atom. The van der Waals surface area contributed by atoms with Gasteiger partial charge in [-0.05, 0) is 36.5 Å². The molecular weight excluding hydrogens is 192 g/mol. The minimum atomic E-state index is 0.973. The van der Waals surface area contributed by atoms with Crippen molar-refractivity contribution in [1.29, 1.82) is 0 Å². The van der Waals surface area contributed by atoms with E-state index in [1.165, 1.54) is 16.7 Å². The normalized spacial score (nSPS) is 12.0. The molecule has 0 N–H and O–H groups in total. The third-order valence-corrected chi connectivity index (χ3v) is 2.55. The van der Waals surface area contributed by atoms with Gasteiger partial charge in [-0.15, -0.1) is 0 Å². The van der Waals surface area contributed by atoms with Crippen LogP contribution in [-0.2, 0) is 12.8 Å². The minimum absolute atomic E-state index is 0.973. The van der Waals surface area contributed by atoms with Crippen LogP contribution in [-0.4, -0.2) is 0 Å². The highest BCUT2D eigenvalue weighted by Crippen LogP contribution is 2.11. The summed E-state index contributed by atoms with van der Waals surface area (Å²) in [6, 6.07) is 8.82. The van der Waals surface area contributed by atoms with Crippen molar-refractivity contribution in [2.24, 2.45) is 0 Å². The Kier molecular flexibility index (Phi) is 5.35. The number of hydrogen-bond donors (Lipinski definition) is 0. The fraction of sp³-hybridized carbons (Fsp3) is 0.250. The van der Waals surface area contributed by atoms with Crippen LogP contribution < -0.4 is 0 Å². The summed E-state index contributed by atoms with van der Waals surface area (Å²) in [6.45, 7) is 7.96. The summed E-state index contributed by atoms with van der Waals surface area (Å²) in [7, 11) is 0. The molecule has 0 nitrogen and oxygen atoms in total. The lowest BCUT2D eigenvalue weighted by molar-refractivity contribution is 1.12. The molecule has 0 aliphatic carbocycles. The van der Waals surface area contributed by atoms with Gasteiger partial charge in [-0.1, -0.05) is 62.1 Å². The van der Waals surface area contributed by atoms with E-state index >= 15 is 0 Å². The Balaban J connectivity index is 2.77. The Bertz CT molecular complexity index is 377. The van der Waals surface area contributed by atoms with Crippen molar-refractivity contribution >= 4 is 0 Å². The van der Waals surface area contributed by atoms with Crippen molar-refractivity contribution in [2.45, 2.75) is 26.7 Å². The second-order valence-corrected chi connectivity index (χ2v) is 3.82. The lowest BCUT2D eigenvalue weighted by atomic mass is 10.0. The van der Waals surface area contributed by atoms with E-state index in [9.17, 15) is 0 Å². The molecule has 0 atom stereocenters. The van der Waals surface area contributed by atoms with Gasteiger partial charge in [-0.25, -0.2) is 0 Å². The number of benzene rings is 1. The fourth-order valence-electron chi connectivity index (χ4n) is 1.67. The summed E-state index contributed by atoms with van der Waals surface area (Å²) in [6.07, 6.45) is 10.2. The molecule has 1 rings (SSSR count). The van der Waals surface area contributed by atoms with Gasteiger partial charge < -0.3 is 0 Å². The third kappa shape index (κ3) is 3.90. The first-order valence-electron chi connectivity index (χ1n) is 5.82. The molecule has 0 radical (unpaired) electrons.